The van der Waals surface area contributed by atoms with Crippen LogP contribution in [0.2, 0.25) is 0 Å². The molecule has 2 unspecified atom stereocenters. The van der Waals surface area contributed by atoms with E-state index in [1.54, 1.807) is 0 Å². The van der Waals surface area contributed by atoms with Crippen molar-refractivity contribution in [2.45, 2.75) is 6.04 Å². The van der Waals surface area contributed by atoms with Crippen molar-refractivity contribution in [2.75, 3.05) is 65.6 Å². The van der Waals surface area contributed by atoms with Gasteiger partial charge in [0.15, 0.2) is 0 Å². The number of aliphatic hydroxyl groups excluding tert-OH is 1. The normalized spacial score (nSPS) is 33.7. The maximum Gasteiger partial charge on any atom is 0.0594 e. The minimum absolute atomic E-state index is 0.300. The van der Waals surface area contributed by atoms with Crippen LogP contribution in [0, 0.1) is 17.8 Å². The molecule has 4 atom stereocenters. The van der Waals surface area contributed by atoms with Crippen molar-refractivity contribution >= 4 is 0 Å². The Hall–Kier alpha value is -1.02. The van der Waals surface area contributed by atoms with Gasteiger partial charge in [-0.05, 0) is 17.4 Å². The Bertz CT molecular complexity index is 552. The first kappa shape index (κ1) is 18.3. The molecule has 3 heterocycles. The summed E-state index contributed by atoms with van der Waals surface area (Å²) < 4.78 is 5.47. The van der Waals surface area contributed by atoms with Crippen molar-refractivity contribution in [1.82, 2.24) is 20.7 Å². The quantitative estimate of drug-likeness (QED) is 0.680. The van der Waals surface area contributed by atoms with Crippen LogP contribution in [-0.4, -0.2) is 80.5 Å². The van der Waals surface area contributed by atoms with Gasteiger partial charge in [0.25, 0.3) is 0 Å². The maximum absolute atomic E-state index is 9.88. The molecule has 3 saturated heterocycles. The molecule has 0 saturated carbocycles. The van der Waals surface area contributed by atoms with E-state index in [1.165, 1.54) is 5.56 Å². The van der Waals surface area contributed by atoms with Crippen LogP contribution in [0.1, 0.15) is 11.6 Å². The fraction of sp³-hybridized carbons (Fsp3) is 0.700. The lowest BCUT2D eigenvalue weighted by Crippen LogP contribution is -2.41. The van der Waals surface area contributed by atoms with Crippen LogP contribution < -0.4 is 10.9 Å². The van der Waals surface area contributed by atoms with Gasteiger partial charge in [-0.1, -0.05) is 30.3 Å². The Morgan fingerprint density at radius 3 is 2.46 bits per heavy atom. The number of aliphatic hydroxyl groups is 1. The van der Waals surface area contributed by atoms with E-state index in [9.17, 15) is 5.11 Å². The SMILES string of the molecule is OC[C@@H]1CN(CC2CNNC2c2ccccc2)C[C@@H]1CN1CCOCC1. The number of morpholine rings is 1. The molecular weight excluding hydrogens is 328 g/mol. The van der Waals surface area contributed by atoms with Gasteiger partial charge >= 0.3 is 0 Å². The summed E-state index contributed by atoms with van der Waals surface area (Å²) in [5, 5.41) is 9.88. The molecule has 26 heavy (non-hydrogen) atoms. The van der Waals surface area contributed by atoms with Crippen LogP contribution >= 0.6 is 0 Å². The second-order valence-electron chi connectivity index (χ2n) is 8.01. The van der Waals surface area contributed by atoms with E-state index in [4.69, 9.17) is 4.74 Å². The summed E-state index contributed by atoms with van der Waals surface area (Å²) in [5.41, 5.74) is 8.15. The van der Waals surface area contributed by atoms with Crippen LogP contribution in [0.5, 0.6) is 0 Å². The topological polar surface area (TPSA) is 60.0 Å². The molecule has 4 rings (SSSR count). The summed E-state index contributed by atoms with van der Waals surface area (Å²) in [5.74, 6) is 1.52. The third-order valence-electron chi connectivity index (χ3n) is 6.23. The maximum atomic E-state index is 9.88. The predicted octanol–water partition coefficient (Wildman–Crippen LogP) is 0.324. The third kappa shape index (κ3) is 4.27. The summed E-state index contributed by atoms with van der Waals surface area (Å²) in [6.45, 7) is 9.33. The zero-order chi connectivity index (χ0) is 17.8. The van der Waals surface area contributed by atoms with Crippen molar-refractivity contribution in [1.29, 1.82) is 0 Å². The van der Waals surface area contributed by atoms with Gasteiger partial charge in [-0.2, -0.15) is 0 Å². The van der Waals surface area contributed by atoms with Gasteiger partial charge in [0.1, 0.15) is 0 Å². The zero-order valence-electron chi connectivity index (χ0n) is 15.5. The molecule has 3 aliphatic heterocycles. The average Bonchev–Trinajstić information content (AvgIpc) is 3.30. The number of hydrazine groups is 1. The Labute approximate surface area is 156 Å². The molecule has 3 aliphatic rings. The van der Waals surface area contributed by atoms with Crippen LogP contribution in [0.15, 0.2) is 30.3 Å². The second kappa shape index (κ2) is 8.78. The Kier molecular flexibility index (Phi) is 6.20. The monoisotopic (exact) mass is 360 g/mol. The van der Waals surface area contributed by atoms with Gasteiger partial charge in [0.2, 0.25) is 0 Å². The van der Waals surface area contributed by atoms with Gasteiger partial charge in [-0.15, -0.1) is 0 Å². The number of nitrogens with zero attached hydrogens (tertiary/aromatic N) is 2. The molecule has 6 nitrogen and oxygen atoms in total. The molecule has 144 valence electrons. The highest BCUT2D eigenvalue weighted by Gasteiger charge is 2.37. The van der Waals surface area contributed by atoms with Crippen LogP contribution in [-0.2, 0) is 4.74 Å². The standard InChI is InChI=1S/C20H32N4O2/c25-15-19-14-24(13-18(19)12-23-6-8-26-9-7-23)11-17-10-21-22-20(17)16-4-2-1-3-5-16/h1-5,17-22,25H,6-15H2/t17?,18-,19-,20?/m0/s1. The minimum Gasteiger partial charge on any atom is -0.396 e. The van der Waals surface area contributed by atoms with Gasteiger partial charge < -0.3 is 14.7 Å². The van der Waals surface area contributed by atoms with Crippen molar-refractivity contribution in [3.05, 3.63) is 35.9 Å². The predicted molar refractivity (Wildman–Crippen MR) is 102 cm³/mol. The molecule has 3 N–H and O–H groups in total. The van der Waals surface area contributed by atoms with Crippen molar-refractivity contribution < 1.29 is 9.84 Å². The van der Waals surface area contributed by atoms with Crippen molar-refractivity contribution in [3.8, 4) is 0 Å². The number of likely N-dealkylation sites (tertiary alicyclic amines) is 1. The van der Waals surface area contributed by atoms with Crippen LogP contribution in [0.4, 0.5) is 0 Å². The molecule has 3 fully saturated rings. The lowest BCUT2D eigenvalue weighted by atomic mass is 9.94. The molecule has 0 aromatic heterocycles. The number of benzene rings is 1. The highest BCUT2D eigenvalue weighted by Crippen LogP contribution is 2.30. The lowest BCUT2D eigenvalue weighted by Gasteiger charge is -2.30. The molecule has 0 bridgehead atoms. The van der Waals surface area contributed by atoms with E-state index in [0.717, 1.165) is 59.0 Å². The first-order valence-corrected chi connectivity index (χ1v) is 10.00. The van der Waals surface area contributed by atoms with E-state index >= 15 is 0 Å². The summed E-state index contributed by atoms with van der Waals surface area (Å²) in [4.78, 5) is 5.08. The van der Waals surface area contributed by atoms with E-state index in [-0.39, 0.29) is 0 Å². The van der Waals surface area contributed by atoms with Crippen LogP contribution in [0.3, 0.4) is 0 Å². The Balaban J connectivity index is 1.34. The minimum atomic E-state index is 0.300. The smallest absolute Gasteiger partial charge is 0.0594 e. The number of hydrogen-bond donors (Lipinski definition) is 3. The first-order chi connectivity index (χ1) is 12.8. The highest BCUT2D eigenvalue weighted by molar-refractivity contribution is 5.20. The highest BCUT2D eigenvalue weighted by atomic mass is 16.5. The number of nitrogens with one attached hydrogen (secondary N) is 2. The largest absolute Gasteiger partial charge is 0.396 e. The van der Waals surface area contributed by atoms with Gasteiger partial charge in [0, 0.05) is 58.3 Å². The molecule has 0 aliphatic carbocycles. The molecule has 0 spiro atoms. The third-order valence-corrected chi connectivity index (χ3v) is 6.23. The number of rotatable bonds is 6. The second-order valence-corrected chi connectivity index (χ2v) is 8.01. The van der Waals surface area contributed by atoms with E-state index in [2.05, 4.69) is 51.0 Å². The Morgan fingerprint density at radius 2 is 1.69 bits per heavy atom. The van der Waals surface area contributed by atoms with E-state index < -0.39 is 0 Å². The summed E-state index contributed by atoms with van der Waals surface area (Å²) in [7, 11) is 0. The summed E-state index contributed by atoms with van der Waals surface area (Å²) in [6, 6.07) is 11.1. The average molecular weight is 361 g/mol. The molecule has 1 aromatic rings. The van der Waals surface area contributed by atoms with Crippen molar-refractivity contribution in [3.63, 3.8) is 0 Å². The Morgan fingerprint density at radius 1 is 0.962 bits per heavy atom. The molecule has 0 radical (unpaired) electrons. The number of ether oxygens (including phenoxy) is 1. The summed E-state index contributed by atoms with van der Waals surface area (Å²) >= 11 is 0. The molecule has 0 amide bonds. The van der Waals surface area contributed by atoms with E-state index in [1.807, 2.05) is 0 Å². The lowest BCUT2D eigenvalue weighted by molar-refractivity contribution is 0.0264. The first-order valence-electron chi connectivity index (χ1n) is 10.00. The molecule has 1 aromatic carbocycles. The molecule has 6 heteroatoms. The molecular formula is C20H32N4O2. The van der Waals surface area contributed by atoms with Crippen LogP contribution in [0.25, 0.3) is 0 Å². The number of hydrogen-bond acceptors (Lipinski definition) is 6. The van der Waals surface area contributed by atoms with Gasteiger partial charge in [-0.25, -0.2) is 5.43 Å². The fourth-order valence-electron chi connectivity index (χ4n) is 4.77. The van der Waals surface area contributed by atoms with E-state index in [0.29, 0.717) is 30.4 Å². The van der Waals surface area contributed by atoms with Gasteiger partial charge in [-0.3, -0.25) is 10.3 Å². The zero-order valence-corrected chi connectivity index (χ0v) is 15.5. The fourth-order valence-corrected chi connectivity index (χ4v) is 4.77. The summed E-state index contributed by atoms with van der Waals surface area (Å²) in [6.07, 6.45) is 0. The van der Waals surface area contributed by atoms with Crippen molar-refractivity contribution in [2.24, 2.45) is 17.8 Å². The van der Waals surface area contributed by atoms with Gasteiger partial charge in [0.05, 0.1) is 19.3 Å².